The summed E-state index contributed by atoms with van der Waals surface area (Å²) in [4.78, 5) is 30.5. The maximum absolute atomic E-state index is 13.8. The number of nitrogens with zero attached hydrogens (tertiary/aromatic N) is 3. The van der Waals surface area contributed by atoms with Gasteiger partial charge in [0.2, 0.25) is 5.91 Å². The second-order valence-electron chi connectivity index (χ2n) is 10.6. The van der Waals surface area contributed by atoms with Crippen LogP contribution >= 0.6 is 0 Å². The van der Waals surface area contributed by atoms with Crippen LogP contribution in [0.1, 0.15) is 36.2 Å². The topological polar surface area (TPSA) is 57.6 Å². The first-order valence-corrected chi connectivity index (χ1v) is 13.6. The Balaban J connectivity index is 1.53. The first-order valence-electron chi connectivity index (χ1n) is 13.6. The Kier molecular flexibility index (Phi) is 9.73. The molecule has 0 unspecified atom stereocenters. The Bertz CT molecular complexity index is 1380. The van der Waals surface area contributed by atoms with Crippen molar-refractivity contribution in [1.82, 2.24) is 14.4 Å². The zero-order valence-corrected chi connectivity index (χ0v) is 23.4. The van der Waals surface area contributed by atoms with Gasteiger partial charge in [0, 0.05) is 37.2 Å². The highest BCUT2D eigenvalue weighted by molar-refractivity contribution is 5.92. The zero-order valence-electron chi connectivity index (χ0n) is 23.4. The number of hydrogen-bond acceptors (Lipinski definition) is 2. The molecule has 0 spiro atoms. The van der Waals surface area contributed by atoms with Crippen LogP contribution in [0.5, 0.6) is 0 Å². The molecule has 4 rings (SSSR count). The second-order valence-corrected chi connectivity index (χ2v) is 10.6. The monoisotopic (exact) mass is 540 g/mol. The van der Waals surface area contributed by atoms with E-state index in [2.05, 4.69) is 9.88 Å². The summed E-state index contributed by atoms with van der Waals surface area (Å²) in [7, 11) is 0. The van der Waals surface area contributed by atoms with E-state index < -0.39 is 0 Å². The molecule has 208 valence electrons. The molecule has 1 aromatic heterocycles. The lowest BCUT2D eigenvalue weighted by Gasteiger charge is -2.29. The summed E-state index contributed by atoms with van der Waals surface area (Å²) in [6, 6.07) is 27.5. The molecule has 0 aliphatic carbocycles. The van der Waals surface area contributed by atoms with Crippen molar-refractivity contribution in [3.63, 3.8) is 0 Å². The largest absolute Gasteiger partial charge is 0.345 e. The minimum absolute atomic E-state index is 0.0403. The first-order chi connectivity index (χ1) is 19.3. The van der Waals surface area contributed by atoms with Crippen molar-refractivity contribution in [3.8, 4) is 0 Å². The number of benzene rings is 3. The van der Waals surface area contributed by atoms with E-state index in [9.17, 15) is 14.0 Å². The molecule has 40 heavy (non-hydrogen) atoms. The predicted octanol–water partition coefficient (Wildman–Crippen LogP) is 6.70. The predicted molar refractivity (Wildman–Crippen MR) is 157 cm³/mol. The molecule has 0 saturated heterocycles. The van der Waals surface area contributed by atoms with Gasteiger partial charge in [-0.15, -0.1) is 0 Å². The highest BCUT2D eigenvalue weighted by Gasteiger charge is 2.23. The molecule has 0 fully saturated rings. The van der Waals surface area contributed by atoms with E-state index in [1.54, 1.807) is 21.9 Å². The number of halogens is 1. The Morgan fingerprint density at radius 1 is 0.825 bits per heavy atom. The number of aromatic nitrogens is 1. The number of rotatable bonds is 11. The molecule has 0 bridgehead atoms. The lowest BCUT2D eigenvalue weighted by Crippen LogP contribution is -2.45. The molecule has 3 aromatic carbocycles. The SMILES string of the molecule is Cc1ccc(NC(=O)N(CC(=O)N(Cc2ccccc2)Cc2cccn2Cc2ccc(F)cc2)CC(C)C)cc1. The molecule has 4 aromatic rings. The number of urea groups is 1. The molecule has 7 heteroatoms. The second kappa shape index (κ2) is 13.6. The van der Waals surface area contributed by atoms with Crippen molar-refractivity contribution in [1.29, 1.82) is 0 Å². The molecular formula is C33H37FN4O2. The van der Waals surface area contributed by atoms with Crippen LogP contribution in [0.15, 0.2) is 97.2 Å². The van der Waals surface area contributed by atoms with E-state index >= 15 is 0 Å². The van der Waals surface area contributed by atoms with E-state index in [-0.39, 0.29) is 30.2 Å². The summed E-state index contributed by atoms with van der Waals surface area (Å²) < 4.78 is 15.5. The van der Waals surface area contributed by atoms with Crippen LogP contribution in [0, 0.1) is 18.7 Å². The summed E-state index contributed by atoms with van der Waals surface area (Å²) in [5.74, 6) is -0.223. The maximum Gasteiger partial charge on any atom is 0.322 e. The molecule has 0 atom stereocenters. The lowest BCUT2D eigenvalue weighted by molar-refractivity contribution is -0.133. The number of nitrogens with one attached hydrogen (secondary N) is 1. The number of carbonyl (C=O) groups excluding carboxylic acids is 2. The summed E-state index contributed by atoms with van der Waals surface area (Å²) in [6.07, 6.45) is 1.96. The van der Waals surface area contributed by atoms with E-state index in [0.717, 1.165) is 22.4 Å². The van der Waals surface area contributed by atoms with E-state index in [4.69, 9.17) is 0 Å². The number of amides is 3. The third kappa shape index (κ3) is 8.30. The molecular weight excluding hydrogens is 503 g/mol. The van der Waals surface area contributed by atoms with Gasteiger partial charge in [0.1, 0.15) is 12.4 Å². The highest BCUT2D eigenvalue weighted by Crippen LogP contribution is 2.16. The Morgan fingerprint density at radius 3 is 2.20 bits per heavy atom. The number of anilines is 1. The van der Waals surface area contributed by atoms with Gasteiger partial charge in [-0.1, -0.05) is 74.0 Å². The van der Waals surface area contributed by atoms with Crippen LogP contribution in [0.2, 0.25) is 0 Å². The van der Waals surface area contributed by atoms with Crippen LogP contribution in [-0.4, -0.2) is 39.4 Å². The number of hydrogen-bond donors (Lipinski definition) is 1. The van der Waals surface area contributed by atoms with Gasteiger partial charge in [-0.3, -0.25) is 4.79 Å². The van der Waals surface area contributed by atoms with Crippen molar-refractivity contribution in [2.45, 2.75) is 40.4 Å². The molecule has 0 saturated carbocycles. The minimum atomic E-state index is -0.301. The first kappa shape index (κ1) is 28.6. The summed E-state index contributed by atoms with van der Waals surface area (Å²) >= 11 is 0. The Labute approximate surface area is 236 Å². The van der Waals surface area contributed by atoms with Gasteiger partial charge in [-0.2, -0.15) is 0 Å². The van der Waals surface area contributed by atoms with Gasteiger partial charge < -0.3 is 19.7 Å². The van der Waals surface area contributed by atoms with Crippen molar-refractivity contribution in [3.05, 3.63) is 125 Å². The van der Waals surface area contributed by atoms with Gasteiger partial charge in [-0.05, 0) is 60.4 Å². The average molecular weight is 541 g/mol. The number of aryl methyl sites for hydroxylation is 1. The summed E-state index contributed by atoms with van der Waals surface area (Å²) in [5, 5.41) is 2.94. The van der Waals surface area contributed by atoms with E-state index in [1.807, 2.05) is 93.7 Å². The molecule has 0 radical (unpaired) electrons. The van der Waals surface area contributed by atoms with Gasteiger partial charge in [0.25, 0.3) is 0 Å². The summed E-state index contributed by atoms with van der Waals surface area (Å²) in [6.45, 7) is 7.81. The quantitative estimate of drug-likeness (QED) is 0.230. The van der Waals surface area contributed by atoms with Crippen LogP contribution in [0.3, 0.4) is 0 Å². The average Bonchev–Trinajstić information content (AvgIpc) is 3.37. The summed E-state index contributed by atoms with van der Waals surface area (Å²) in [5.41, 5.74) is 4.72. The molecule has 1 heterocycles. The van der Waals surface area contributed by atoms with Crippen molar-refractivity contribution in [2.75, 3.05) is 18.4 Å². The fourth-order valence-electron chi connectivity index (χ4n) is 4.53. The van der Waals surface area contributed by atoms with Gasteiger partial charge in [0.15, 0.2) is 0 Å². The standard InChI is InChI=1S/C33H37FN4O2/c1-25(2)20-38(33(40)35-30-17-11-26(3)12-18-30)24-32(39)37(22-27-8-5-4-6-9-27)23-31-10-7-19-36(31)21-28-13-15-29(34)16-14-28/h4-19,25H,20-24H2,1-3H3,(H,35,40). The van der Waals surface area contributed by atoms with Gasteiger partial charge >= 0.3 is 6.03 Å². The fraction of sp³-hybridized carbons (Fsp3) is 0.273. The highest BCUT2D eigenvalue weighted by atomic mass is 19.1. The Morgan fingerprint density at radius 2 is 1.52 bits per heavy atom. The lowest BCUT2D eigenvalue weighted by atomic mass is 10.2. The van der Waals surface area contributed by atoms with Crippen molar-refractivity contribution in [2.24, 2.45) is 5.92 Å². The number of carbonyl (C=O) groups is 2. The molecule has 1 N–H and O–H groups in total. The van der Waals surface area contributed by atoms with E-state index in [0.29, 0.717) is 31.9 Å². The van der Waals surface area contributed by atoms with Crippen LogP contribution in [0.4, 0.5) is 14.9 Å². The fourth-order valence-corrected chi connectivity index (χ4v) is 4.53. The molecule has 6 nitrogen and oxygen atoms in total. The molecule has 3 amide bonds. The molecule has 0 aliphatic rings. The van der Waals surface area contributed by atoms with Gasteiger partial charge in [0.05, 0.1) is 6.54 Å². The third-order valence-corrected chi connectivity index (χ3v) is 6.61. The smallest absolute Gasteiger partial charge is 0.322 e. The van der Waals surface area contributed by atoms with Gasteiger partial charge in [-0.25, -0.2) is 9.18 Å². The van der Waals surface area contributed by atoms with Crippen LogP contribution in [-0.2, 0) is 24.4 Å². The third-order valence-electron chi connectivity index (χ3n) is 6.61. The minimum Gasteiger partial charge on any atom is -0.345 e. The Hall–Kier alpha value is -4.39. The van der Waals surface area contributed by atoms with Crippen LogP contribution in [0.25, 0.3) is 0 Å². The normalized spacial score (nSPS) is 10.9. The van der Waals surface area contributed by atoms with Crippen molar-refractivity contribution >= 4 is 17.6 Å². The van der Waals surface area contributed by atoms with E-state index in [1.165, 1.54) is 12.1 Å². The molecule has 0 aliphatic heterocycles. The van der Waals surface area contributed by atoms with Crippen molar-refractivity contribution < 1.29 is 14.0 Å². The van der Waals surface area contributed by atoms with Crippen LogP contribution < -0.4 is 5.32 Å². The zero-order chi connectivity index (χ0) is 28.5. The maximum atomic E-state index is 13.8.